The molecule has 2 unspecified atom stereocenters. The number of hydrogen-bond donors (Lipinski definition) is 0. The fraction of sp³-hybridized carbons (Fsp3) is 0.941. The Labute approximate surface area is 155 Å². The third kappa shape index (κ3) is 12.1. The van der Waals surface area contributed by atoms with E-state index in [0.29, 0.717) is 25.8 Å². The van der Waals surface area contributed by atoms with Gasteiger partial charge in [0.25, 0.3) is 8.53 Å². The second kappa shape index (κ2) is 13.2. The molecule has 2 atom stereocenters. The van der Waals surface area contributed by atoms with Gasteiger partial charge in [0, 0.05) is 25.4 Å². The first-order chi connectivity index (χ1) is 11.6. The normalized spacial score (nSPS) is 14.9. The number of ether oxygens (including phenoxy) is 1. The summed E-state index contributed by atoms with van der Waals surface area (Å²) in [5.41, 5.74) is 0. The number of rotatable bonds is 14. The number of hydrogen-bond acceptors (Lipinski definition) is 6. The quantitative estimate of drug-likeness (QED) is 0.314. The lowest BCUT2D eigenvalue weighted by Crippen LogP contribution is -2.34. The highest BCUT2D eigenvalue weighted by Crippen LogP contribution is 2.46. The van der Waals surface area contributed by atoms with Crippen molar-refractivity contribution in [2.24, 2.45) is 0 Å². The van der Waals surface area contributed by atoms with Gasteiger partial charge in [-0.15, -0.1) is 0 Å². The molecule has 0 aromatic rings. The molecular weight excluding hydrogens is 358 g/mol. The molecule has 0 spiro atoms. The van der Waals surface area contributed by atoms with Gasteiger partial charge in [-0.25, -0.2) is 4.67 Å². The van der Waals surface area contributed by atoms with Gasteiger partial charge in [0.1, 0.15) is 0 Å². The highest BCUT2D eigenvalue weighted by atomic mass is 31.2. The second-order valence-corrected chi connectivity index (χ2v) is 12.2. The third-order valence-electron chi connectivity index (χ3n) is 3.63. The van der Waals surface area contributed by atoms with Gasteiger partial charge in [0.05, 0.1) is 38.9 Å². The minimum absolute atomic E-state index is 0.0377. The Morgan fingerprint density at radius 2 is 1.64 bits per heavy atom. The van der Waals surface area contributed by atoms with Gasteiger partial charge < -0.3 is 18.3 Å². The summed E-state index contributed by atoms with van der Waals surface area (Å²) < 4.78 is 31.5. The number of nitrogens with zero attached hydrogens (tertiary/aromatic N) is 2. The third-order valence-corrected chi connectivity index (χ3v) is 7.07. The molecule has 0 fully saturated rings. The fourth-order valence-corrected chi connectivity index (χ4v) is 4.92. The molecule has 0 rings (SSSR count). The van der Waals surface area contributed by atoms with Crippen LogP contribution in [0.4, 0.5) is 0 Å². The molecule has 0 bridgehead atoms. The summed E-state index contributed by atoms with van der Waals surface area (Å²) in [6.07, 6.45) is 2.59. The molecule has 0 radical (unpaired) electrons. The molecule has 25 heavy (non-hydrogen) atoms. The van der Waals surface area contributed by atoms with Crippen molar-refractivity contribution in [3.8, 4) is 6.07 Å². The molecule has 0 aliphatic rings. The van der Waals surface area contributed by atoms with Crippen LogP contribution in [0.25, 0.3) is 0 Å². The molecule has 0 aliphatic heterocycles. The minimum Gasteiger partial charge on any atom is -0.381 e. The maximum Gasteiger partial charge on any atom is 0.259 e. The first-order valence-electron chi connectivity index (χ1n) is 8.90. The fourth-order valence-electron chi connectivity index (χ4n) is 2.41. The van der Waals surface area contributed by atoms with Gasteiger partial charge in [-0.05, 0) is 53.9 Å². The van der Waals surface area contributed by atoms with E-state index in [0.717, 1.165) is 12.8 Å². The molecule has 0 aliphatic carbocycles. The van der Waals surface area contributed by atoms with E-state index in [1.165, 1.54) is 0 Å². The van der Waals surface area contributed by atoms with Gasteiger partial charge in [0.15, 0.2) is 0 Å². The van der Waals surface area contributed by atoms with E-state index in [-0.39, 0.29) is 18.2 Å². The van der Waals surface area contributed by atoms with E-state index < -0.39 is 15.7 Å². The van der Waals surface area contributed by atoms with Crippen molar-refractivity contribution in [3.63, 3.8) is 0 Å². The Morgan fingerprint density at radius 1 is 1.08 bits per heavy atom. The molecule has 8 heteroatoms. The van der Waals surface area contributed by atoms with Crippen molar-refractivity contribution >= 4 is 15.7 Å². The smallest absolute Gasteiger partial charge is 0.259 e. The second-order valence-electron chi connectivity index (χ2n) is 7.11. The van der Waals surface area contributed by atoms with Gasteiger partial charge in [-0.1, -0.05) is 0 Å². The van der Waals surface area contributed by atoms with E-state index in [1.54, 1.807) is 7.11 Å². The molecule has 148 valence electrons. The summed E-state index contributed by atoms with van der Waals surface area (Å²) >= 11 is 0. The molecule has 0 N–H and O–H groups in total. The summed E-state index contributed by atoms with van der Waals surface area (Å²) in [6.45, 7) is 13.0. The maximum absolute atomic E-state index is 11.9. The Kier molecular flexibility index (Phi) is 13.2. The molecule has 0 aromatic heterocycles. The lowest BCUT2D eigenvalue weighted by molar-refractivity contribution is 0.0742. The first-order valence-corrected chi connectivity index (χ1v) is 12.8. The lowest BCUT2D eigenvalue weighted by atomic mass is 10.2. The van der Waals surface area contributed by atoms with Crippen LogP contribution >= 0.6 is 15.7 Å². The maximum atomic E-state index is 11.9. The van der Waals surface area contributed by atoms with Crippen LogP contribution in [0, 0.1) is 11.3 Å². The SMILES string of the molecule is COC(CCOP(OCCC#N)N(C(C)C)C(C)C)CCP(C)(C)=O. The van der Waals surface area contributed by atoms with Crippen molar-refractivity contribution in [3.05, 3.63) is 0 Å². The van der Waals surface area contributed by atoms with Crippen molar-refractivity contribution in [1.82, 2.24) is 4.67 Å². The van der Waals surface area contributed by atoms with Crippen LogP contribution in [-0.4, -0.2) is 62.7 Å². The van der Waals surface area contributed by atoms with Crippen molar-refractivity contribution in [2.75, 3.05) is 39.8 Å². The lowest BCUT2D eigenvalue weighted by Gasteiger charge is -2.35. The summed E-state index contributed by atoms with van der Waals surface area (Å²) in [7, 11) is -1.55. The van der Waals surface area contributed by atoms with E-state index in [9.17, 15) is 4.57 Å². The van der Waals surface area contributed by atoms with Crippen LogP contribution in [0.3, 0.4) is 0 Å². The summed E-state index contributed by atoms with van der Waals surface area (Å²) in [5.74, 6) is 0. The van der Waals surface area contributed by atoms with Gasteiger partial charge in [-0.3, -0.25) is 0 Å². The molecular formula is C17H36N2O4P2. The van der Waals surface area contributed by atoms with E-state index in [4.69, 9.17) is 19.0 Å². The van der Waals surface area contributed by atoms with Gasteiger partial charge in [0.2, 0.25) is 0 Å². The molecule has 0 aromatic carbocycles. The van der Waals surface area contributed by atoms with Gasteiger partial charge >= 0.3 is 0 Å². The summed E-state index contributed by atoms with van der Waals surface area (Å²) in [4.78, 5) is 0. The standard InChI is InChI=1S/C17H36N2O4P2/c1-15(2)19(16(3)4)24(22-12-8-11-18)23-13-9-17(21-5)10-14-25(6,7)20/h15-17H,8-10,12-14H2,1-7H3. The largest absolute Gasteiger partial charge is 0.381 e. The highest BCUT2D eigenvalue weighted by Gasteiger charge is 2.27. The Morgan fingerprint density at radius 3 is 2.08 bits per heavy atom. The number of nitriles is 1. The Balaban J connectivity index is 4.62. The zero-order chi connectivity index (χ0) is 19.5. The molecule has 0 amide bonds. The summed E-state index contributed by atoms with van der Waals surface area (Å²) in [5, 5.41) is 8.72. The Bertz CT molecular complexity index is 427. The molecule has 0 heterocycles. The van der Waals surface area contributed by atoms with Crippen LogP contribution in [0.15, 0.2) is 0 Å². The van der Waals surface area contributed by atoms with Crippen molar-refractivity contribution < 1.29 is 18.3 Å². The van der Waals surface area contributed by atoms with Crippen LogP contribution in [-0.2, 0) is 18.3 Å². The topological polar surface area (TPSA) is 71.8 Å². The average Bonchev–Trinajstić information content (AvgIpc) is 2.48. The number of methoxy groups -OCH3 is 1. The van der Waals surface area contributed by atoms with E-state index >= 15 is 0 Å². The van der Waals surface area contributed by atoms with E-state index in [1.807, 2.05) is 13.3 Å². The molecule has 0 saturated carbocycles. The van der Waals surface area contributed by atoms with Crippen molar-refractivity contribution in [2.45, 2.75) is 65.1 Å². The predicted octanol–water partition coefficient (Wildman–Crippen LogP) is 4.70. The Hall–Kier alpha value is -0.0100. The molecule has 6 nitrogen and oxygen atoms in total. The highest BCUT2D eigenvalue weighted by molar-refractivity contribution is 7.62. The molecule has 0 saturated heterocycles. The van der Waals surface area contributed by atoms with Crippen LogP contribution < -0.4 is 0 Å². The first kappa shape index (κ1) is 25.0. The van der Waals surface area contributed by atoms with Gasteiger partial charge in [-0.2, -0.15) is 5.26 Å². The zero-order valence-corrected chi connectivity index (χ0v) is 18.7. The van der Waals surface area contributed by atoms with Crippen LogP contribution in [0.2, 0.25) is 0 Å². The average molecular weight is 394 g/mol. The van der Waals surface area contributed by atoms with Crippen LogP contribution in [0.5, 0.6) is 0 Å². The zero-order valence-electron chi connectivity index (χ0n) is 16.9. The van der Waals surface area contributed by atoms with E-state index in [2.05, 4.69) is 38.4 Å². The minimum atomic E-state index is -2.02. The monoisotopic (exact) mass is 394 g/mol. The van der Waals surface area contributed by atoms with Crippen LogP contribution in [0.1, 0.15) is 47.0 Å². The summed E-state index contributed by atoms with van der Waals surface area (Å²) in [6, 6.07) is 2.68. The predicted molar refractivity (Wildman–Crippen MR) is 106 cm³/mol. The van der Waals surface area contributed by atoms with Crippen molar-refractivity contribution in [1.29, 1.82) is 5.26 Å².